The fourth-order valence-electron chi connectivity index (χ4n) is 4.78. The predicted molar refractivity (Wildman–Crippen MR) is 154 cm³/mol. The topological polar surface area (TPSA) is 92.1 Å². The Morgan fingerprint density at radius 2 is 1.85 bits per heavy atom. The molecule has 2 aliphatic heterocycles. The van der Waals surface area contributed by atoms with Crippen molar-refractivity contribution in [1.29, 1.82) is 5.26 Å². The van der Waals surface area contributed by atoms with Gasteiger partial charge in [0.05, 0.1) is 12.7 Å². The SMILES string of the molecule is CC(C)(C)OC(=O)N1CCC[C@@]1(COc1ccc(Cl)cc1CO[Si](C)(C)C(C)(C)C)C(=O)N1CCC[C@H]1C#N. The van der Waals surface area contributed by atoms with Crippen molar-refractivity contribution in [3.63, 3.8) is 0 Å². The van der Waals surface area contributed by atoms with Crippen LogP contribution in [-0.4, -0.2) is 67.0 Å². The Labute approximate surface area is 239 Å². The van der Waals surface area contributed by atoms with E-state index in [-0.39, 0.29) is 17.6 Å². The van der Waals surface area contributed by atoms with Gasteiger partial charge in [0, 0.05) is 23.7 Å². The molecule has 3 rings (SSSR count). The summed E-state index contributed by atoms with van der Waals surface area (Å²) < 4.78 is 18.5. The quantitative estimate of drug-likeness (QED) is 0.342. The Kier molecular flexibility index (Phi) is 9.36. The van der Waals surface area contributed by atoms with Crippen LogP contribution in [0.5, 0.6) is 5.75 Å². The first-order valence-electron chi connectivity index (χ1n) is 13.8. The number of hydrogen-bond donors (Lipinski definition) is 0. The Morgan fingerprint density at radius 1 is 1.15 bits per heavy atom. The van der Waals surface area contributed by atoms with Crippen LogP contribution >= 0.6 is 11.6 Å². The van der Waals surface area contributed by atoms with E-state index in [1.165, 1.54) is 4.90 Å². The Hall–Kier alpha value is -2.28. The van der Waals surface area contributed by atoms with Crippen LogP contribution in [0.1, 0.15) is 72.8 Å². The van der Waals surface area contributed by atoms with Crippen LogP contribution < -0.4 is 4.74 Å². The van der Waals surface area contributed by atoms with Crippen molar-refractivity contribution in [2.75, 3.05) is 19.7 Å². The van der Waals surface area contributed by atoms with Gasteiger partial charge in [0.25, 0.3) is 5.91 Å². The lowest BCUT2D eigenvalue weighted by molar-refractivity contribution is -0.144. The minimum Gasteiger partial charge on any atom is -0.490 e. The molecule has 1 aromatic carbocycles. The van der Waals surface area contributed by atoms with Crippen molar-refractivity contribution in [1.82, 2.24) is 9.80 Å². The van der Waals surface area contributed by atoms with E-state index in [1.807, 2.05) is 6.07 Å². The van der Waals surface area contributed by atoms with Gasteiger partial charge in [-0.3, -0.25) is 9.69 Å². The van der Waals surface area contributed by atoms with Gasteiger partial charge >= 0.3 is 6.09 Å². The van der Waals surface area contributed by atoms with Crippen LogP contribution in [-0.2, 0) is 20.6 Å². The summed E-state index contributed by atoms with van der Waals surface area (Å²) in [6, 6.07) is 7.09. The second-order valence-corrected chi connectivity index (χ2v) is 18.4. The molecule has 0 aliphatic carbocycles. The molecule has 0 spiro atoms. The second kappa shape index (κ2) is 11.7. The van der Waals surface area contributed by atoms with E-state index < -0.39 is 31.6 Å². The number of likely N-dealkylation sites (tertiary alicyclic amines) is 2. The van der Waals surface area contributed by atoms with Crippen molar-refractivity contribution < 1.29 is 23.5 Å². The number of amides is 2. The molecule has 2 heterocycles. The van der Waals surface area contributed by atoms with E-state index in [2.05, 4.69) is 39.9 Å². The normalized spacial score (nSPS) is 22.1. The Bertz CT molecular complexity index is 1110. The lowest BCUT2D eigenvalue weighted by Gasteiger charge is -2.40. The molecule has 216 valence electrons. The highest BCUT2D eigenvalue weighted by Gasteiger charge is 2.55. The van der Waals surface area contributed by atoms with Gasteiger partial charge in [-0.25, -0.2) is 4.79 Å². The van der Waals surface area contributed by atoms with Gasteiger partial charge in [-0.1, -0.05) is 32.4 Å². The van der Waals surface area contributed by atoms with Crippen LogP contribution in [0.2, 0.25) is 23.2 Å². The molecule has 8 nitrogen and oxygen atoms in total. The molecular formula is C29H44ClN3O5Si. The third kappa shape index (κ3) is 7.08. The summed E-state index contributed by atoms with van der Waals surface area (Å²) in [5, 5.41) is 10.3. The van der Waals surface area contributed by atoms with Crippen molar-refractivity contribution in [3.8, 4) is 11.8 Å². The van der Waals surface area contributed by atoms with E-state index in [1.54, 1.807) is 37.8 Å². The molecule has 2 atom stereocenters. The van der Waals surface area contributed by atoms with Crippen molar-refractivity contribution in [3.05, 3.63) is 28.8 Å². The molecule has 2 aliphatic rings. The number of nitrogens with zero attached hydrogens (tertiary/aromatic N) is 3. The van der Waals surface area contributed by atoms with Crippen LogP contribution in [0.15, 0.2) is 18.2 Å². The first-order chi connectivity index (χ1) is 18.0. The first-order valence-corrected chi connectivity index (χ1v) is 17.1. The number of hydrogen-bond acceptors (Lipinski definition) is 6. The van der Waals surface area contributed by atoms with Crippen LogP contribution in [0.3, 0.4) is 0 Å². The monoisotopic (exact) mass is 577 g/mol. The number of halogens is 1. The van der Waals surface area contributed by atoms with Crippen LogP contribution in [0, 0.1) is 11.3 Å². The molecule has 2 amide bonds. The van der Waals surface area contributed by atoms with Gasteiger partial charge < -0.3 is 18.8 Å². The minimum atomic E-state index is -2.05. The maximum absolute atomic E-state index is 14.2. The molecule has 0 N–H and O–H groups in total. The molecule has 0 aromatic heterocycles. The maximum Gasteiger partial charge on any atom is 0.411 e. The molecule has 1 aromatic rings. The van der Waals surface area contributed by atoms with E-state index >= 15 is 0 Å². The summed E-state index contributed by atoms with van der Waals surface area (Å²) in [5.74, 6) is 0.294. The highest BCUT2D eigenvalue weighted by Crippen LogP contribution is 2.39. The third-order valence-corrected chi connectivity index (χ3v) is 12.8. The lowest BCUT2D eigenvalue weighted by Crippen LogP contribution is -2.62. The fraction of sp³-hybridized carbons (Fsp3) is 0.690. The number of benzene rings is 1. The van der Waals surface area contributed by atoms with E-state index in [9.17, 15) is 14.9 Å². The first kappa shape index (κ1) is 31.2. The van der Waals surface area contributed by atoms with E-state index in [4.69, 9.17) is 25.5 Å². The number of ether oxygens (including phenoxy) is 2. The van der Waals surface area contributed by atoms with E-state index in [0.717, 1.165) is 12.0 Å². The summed E-state index contributed by atoms with van der Waals surface area (Å²) in [5.41, 5.74) is -1.21. The van der Waals surface area contributed by atoms with Crippen molar-refractivity contribution in [2.24, 2.45) is 0 Å². The Morgan fingerprint density at radius 3 is 2.46 bits per heavy atom. The van der Waals surface area contributed by atoms with Gasteiger partial charge in [-0.2, -0.15) is 5.26 Å². The number of rotatable bonds is 7. The van der Waals surface area contributed by atoms with E-state index in [0.29, 0.717) is 49.7 Å². The molecule has 2 saturated heterocycles. The smallest absolute Gasteiger partial charge is 0.411 e. The molecule has 0 unspecified atom stereocenters. The zero-order valence-electron chi connectivity index (χ0n) is 24.7. The van der Waals surface area contributed by atoms with Crippen molar-refractivity contribution >= 4 is 31.9 Å². The average Bonchev–Trinajstić information content (AvgIpc) is 3.47. The largest absolute Gasteiger partial charge is 0.490 e. The molecule has 0 bridgehead atoms. The summed E-state index contributed by atoms with van der Waals surface area (Å²) >= 11 is 6.35. The number of carbonyl (C=O) groups is 2. The maximum atomic E-state index is 14.2. The fourth-order valence-corrected chi connectivity index (χ4v) is 5.92. The number of nitriles is 1. The summed E-state index contributed by atoms with van der Waals surface area (Å²) in [7, 11) is -2.05. The lowest BCUT2D eigenvalue weighted by atomic mass is 9.94. The standard InChI is InChI=1S/C29H44ClN3O5Si/c1-27(2,3)38-26(35)33-16-10-14-29(33,25(34)32-15-9-11-23(32)18-31)20-36-24-13-12-22(30)17-21(24)19-37-39(7,8)28(4,5)6/h12-13,17,23H,9-11,14-16,19-20H2,1-8H3/t23-,29+/m0/s1. The van der Waals surface area contributed by atoms with Gasteiger partial charge in [0.2, 0.25) is 0 Å². The average molecular weight is 578 g/mol. The summed E-state index contributed by atoms with van der Waals surface area (Å²) in [6.07, 6.45) is 1.86. The minimum absolute atomic E-state index is 0.0356. The number of carbonyl (C=O) groups excluding carboxylic acids is 2. The highest BCUT2D eigenvalue weighted by atomic mass is 35.5. The van der Waals surface area contributed by atoms with Gasteiger partial charge in [-0.15, -0.1) is 0 Å². The van der Waals surface area contributed by atoms with Gasteiger partial charge in [0.1, 0.15) is 24.0 Å². The summed E-state index contributed by atoms with van der Waals surface area (Å²) in [4.78, 5) is 30.6. The van der Waals surface area contributed by atoms with Crippen LogP contribution in [0.25, 0.3) is 0 Å². The Balaban J connectivity index is 1.93. The zero-order chi connectivity index (χ0) is 29.2. The molecule has 10 heteroatoms. The second-order valence-electron chi connectivity index (χ2n) is 13.1. The zero-order valence-corrected chi connectivity index (χ0v) is 26.5. The van der Waals surface area contributed by atoms with Gasteiger partial charge in [0.15, 0.2) is 13.9 Å². The van der Waals surface area contributed by atoms with Crippen LogP contribution in [0.4, 0.5) is 4.79 Å². The molecule has 0 saturated carbocycles. The molecule has 0 radical (unpaired) electrons. The third-order valence-electron chi connectivity index (χ3n) is 8.05. The predicted octanol–water partition coefficient (Wildman–Crippen LogP) is 6.52. The molecular weight excluding hydrogens is 534 g/mol. The molecule has 39 heavy (non-hydrogen) atoms. The van der Waals surface area contributed by atoms with Gasteiger partial charge in [-0.05, 0) is 82.8 Å². The highest BCUT2D eigenvalue weighted by molar-refractivity contribution is 6.74. The summed E-state index contributed by atoms with van der Waals surface area (Å²) in [6.45, 7) is 17.4. The molecule has 2 fully saturated rings. The van der Waals surface area contributed by atoms with Crippen molar-refractivity contribution in [2.45, 2.75) is 109 Å².